The average molecular weight is 725 g/mol. The van der Waals surface area contributed by atoms with Crippen LogP contribution in [-0.4, -0.2) is 72.9 Å². The highest BCUT2D eigenvalue weighted by Gasteiger charge is 2.84. The van der Waals surface area contributed by atoms with Gasteiger partial charge in [-0.3, -0.25) is 4.79 Å². The van der Waals surface area contributed by atoms with Crippen molar-refractivity contribution in [3.63, 3.8) is 0 Å². The molecule has 2 aliphatic heterocycles. The summed E-state index contributed by atoms with van der Waals surface area (Å²) >= 11 is 0. The van der Waals surface area contributed by atoms with Gasteiger partial charge >= 0.3 is 0 Å². The number of nitrogens with zero attached hydrogens (tertiary/aromatic N) is 1. The molecule has 7 nitrogen and oxygen atoms in total. The molecule has 0 aromatic heterocycles. The molecule has 7 unspecified atom stereocenters. The molecule has 288 valence electrons. The van der Waals surface area contributed by atoms with Gasteiger partial charge in [-0.2, -0.15) is 0 Å². The molecular formula is C43H62F2N2O5. The van der Waals surface area contributed by atoms with Gasteiger partial charge in [0, 0.05) is 37.5 Å². The van der Waals surface area contributed by atoms with E-state index in [1.165, 1.54) is 44.2 Å². The second-order valence-electron chi connectivity index (χ2n) is 20.0. The van der Waals surface area contributed by atoms with Crippen LogP contribution in [0.1, 0.15) is 111 Å². The lowest BCUT2D eigenvalue weighted by Crippen LogP contribution is -2.60. The molecule has 1 aromatic carbocycles. The van der Waals surface area contributed by atoms with Crippen molar-refractivity contribution < 1.29 is 32.9 Å². The number of fused-ring (bicyclic) bond motifs is 4. The molecule has 6 saturated carbocycles. The van der Waals surface area contributed by atoms with Crippen LogP contribution >= 0.6 is 0 Å². The molecule has 2 heterocycles. The van der Waals surface area contributed by atoms with E-state index in [1.54, 1.807) is 0 Å². The molecule has 0 bridgehead atoms. The maximum atomic E-state index is 13.8. The zero-order chi connectivity index (χ0) is 36.4. The molecule has 8 aliphatic rings. The fourth-order valence-electron chi connectivity index (χ4n) is 14.7. The monoisotopic (exact) mass is 724 g/mol. The Hall–Kier alpha value is -1.65. The minimum atomic E-state index is -0.562. The number of aliphatic hydroxyl groups excluding tert-OH is 1. The number of rotatable bonds is 8. The average Bonchev–Trinajstić information content (AvgIpc) is 4.01. The van der Waals surface area contributed by atoms with E-state index in [1.807, 2.05) is 4.90 Å². The summed E-state index contributed by atoms with van der Waals surface area (Å²) in [6, 6.07) is 3.65. The number of morpholine rings is 1. The van der Waals surface area contributed by atoms with Crippen LogP contribution in [0.4, 0.5) is 8.78 Å². The maximum absolute atomic E-state index is 13.8. The Labute approximate surface area is 309 Å². The minimum Gasteiger partial charge on any atom is -0.390 e. The van der Waals surface area contributed by atoms with E-state index in [4.69, 9.17) is 14.2 Å². The summed E-state index contributed by atoms with van der Waals surface area (Å²) in [6.07, 6.45) is 11.1. The lowest BCUT2D eigenvalue weighted by molar-refractivity contribution is -0.248. The molecule has 9 rings (SSSR count). The molecule has 9 heteroatoms. The number of carbonyl (C=O) groups excluding carboxylic acids is 1. The Bertz CT molecular complexity index is 1550. The molecule has 8 fully saturated rings. The zero-order valence-electron chi connectivity index (χ0n) is 32.1. The van der Waals surface area contributed by atoms with Gasteiger partial charge in [-0.05, 0) is 133 Å². The second kappa shape index (κ2) is 12.4. The predicted octanol–water partition coefficient (Wildman–Crippen LogP) is 7.24. The molecule has 52 heavy (non-hydrogen) atoms. The fraction of sp³-hybridized carbons (Fsp3) is 0.837. The predicted molar refractivity (Wildman–Crippen MR) is 193 cm³/mol. The van der Waals surface area contributed by atoms with Gasteiger partial charge in [0.15, 0.2) is 6.29 Å². The van der Waals surface area contributed by atoms with E-state index in [9.17, 15) is 18.7 Å². The molecule has 0 radical (unpaired) electrons. The third-order valence-corrected chi connectivity index (χ3v) is 17.3. The first-order valence-electron chi connectivity index (χ1n) is 20.8. The number of hydrogen-bond acceptors (Lipinski definition) is 6. The van der Waals surface area contributed by atoms with Crippen LogP contribution in [0.5, 0.6) is 0 Å². The van der Waals surface area contributed by atoms with E-state index >= 15 is 0 Å². The molecule has 1 amide bonds. The lowest BCUT2D eigenvalue weighted by atomic mass is 9.41. The molecule has 2 saturated heterocycles. The third-order valence-electron chi connectivity index (χ3n) is 17.3. The van der Waals surface area contributed by atoms with E-state index in [2.05, 4.69) is 39.9 Å². The highest BCUT2D eigenvalue weighted by molar-refractivity contribution is 5.76. The van der Waals surface area contributed by atoms with Gasteiger partial charge in [0.05, 0.1) is 37.6 Å². The topological polar surface area (TPSA) is 80.3 Å². The summed E-state index contributed by atoms with van der Waals surface area (Å²) in [7, 11) is 0. The first kappa shape index (κ1) is 36.0. The van der Waals surface area contributed by atoms with Crippen LogP contribution in [0, 0.1) is 68.3 Å². The minimum absolute atomic E-state index is 0.00249. The van der Waals surface area contributed by atoms with Crippen molar-refractivity contribution in [2.75, 3.05) is 26.2 Å². The lowest BCUT2D eigenvalue weighted by Gasteiger charge is -2.64. The van der Waals surface area contributed by atoms with E-state index in [-0.39, 0.29) is 52.2 Å². The van der Waals surface area contributed by atoms with E-state index in [0.29, 0.717) is 79.8 Å². The van der Waals surface area contributed by atoms with Crippen LogP contribution in [0.3, 0.4) is 0 Å². The Morgan fingerprint density at radius 1 is 1.00 bits per heavy atom. The van der Waals surface area contributed by atoms with Crippen molar-refractivity contribution in [2.45, 2.75) is 142 Å². The highest BCUT2D eigenvalue weighted by atomic mass is 19.1. The van der Waals surface area contributed by atoms with Crippen LogP contribution in [0.2, 0.25) is 0 Å². The molecule has 13 atom stereocenters. The normalized spacial score (nSPS) is 47.5. The summed E-state index contributed by atoms with van der Waals surface area (Å²) < 4.78 is 47.4. The Kier molecular flexibility index (Phi) is 8.61. The van der Waals surface area contributed by atoms with Crippen LogP contribution in [-0.2, 0) is 25.5 Å². The van der Waals surface area contributed by atoms with Crippen molar-refractivity contribution in [2.24, 2.45) is 56.7 Å². The molecule has 2 spiro atoms. The van der Waals surface area contributed by atoms with Gasteiger partial charge in [0.25, 0.3) is 0 Å². The standard InChI is InChI=1S/C43H62F2N2O5/c1-25-16-30(22-46-21-27-17-28(44)20-29(45)18-27)51-37-36(25)40(4)12-13-43-24-42(43)11-10-33(39(2,3)31(42)8-9-32(43)41(40,5)38(37)49)52-35-23-47(14-15-50-35)34(48)19-26-6-7-26/h17-18,20,25-26,30-33,35-38,46,49H,6-16,19,21-24H2,1-5H3/t25-,30?,31+,32?,33?,35?,36+,37?,38+,40?,41-,42?,43+/m1/s1. The summed E-state index contributed by atoms with van der Waals surface area (Å²) in [4.78, 5) is 14.9. The molecule has 1 aromatic rings. The number of nitrogens with one attached hydrogen (secondary N) is 1. The first-order chi connectivity index (χ1) is 24.7. The van der Waals surface area contributed by atoms with E-state index < -0.39 is 17.7 Å². The molecule has 2 N–H and O–H groups in total. The van der Waals surface area contributed by atoms with Gasteiger partial charge in [-0.15, -0.1) is 0 Å². The van der Waals surface area contributed by atoms with Crippen LogP contribution in [0.25, 0.3) is 0 Å². The highest BCUT2D eigenvalue weighted by Crippen LogP contribution is 2.89. The van der Waals surface area contributed by atoms with Crippen LogP contribution in [0.15, 0.2) is 18.2 Å². The van der Waals surface area contributed by atoms with Gasteiger partial charge in [-0.1, -0.05) is 34.6 Å². The first-order valence-corrected chi connectivity index (χ1v) is 20.8. The van der Waals surface area contributed by atoms with Gasteiger partial charge in [0.2, 0.25) is 5.91 Å². The number of ether oxygens (including phenoxy) is 3. The second-order valence-corrected chi connectivity index (χ2v) is 20.0. The van der Waals surface area contributed by atoms with Gasteiger partial charge in [0.1, 0.15) is 11.6 Å². The molecule has 6 aliphatic carbocycles. The summed E-state index contributed by atoms with van der Waals surface area (Å²) in [5, 5.41) is 15.9. The van der Waals surface area contributed by atoms with E-state index in [0.717, 1.165) is 38.2 Å². The summed E-state index contributed by atoms with van der Waals surface area (Å²) in [6.45, 7) is 14.9. The Morgan fingerprint density at radius 3 is 2.48 bits per heavy atom. The van der Waals surface area contributed by atoms with Crippen molar-refractivity contribution in [3.8, 4) is 0 Å². The number of hydrogen-bond donors (Lipinski definition) is 2. The number of carbonyl (C=O) groups is 1. The Morgan fingerprint density at radius 2 is 1.73 bits per heavy atom. The van der Waals surface area contributed by atoms with Crippen molar-refractivity contribution in [1.29, 1.82) is 0 Å². The SMILES string of the molecule is C[C@@H]1CC(CNCc2cc(F)cc(F)c2)OC2[C@H]1C1(C)CC[C@@]34CC35CCC(OC3CN(C(=O)CC6CC6)CCO3)C(C)(C)[C@@H]5CCC4[C@]1(C)[C@H]2O. The quantitative estimate of drug-likeness (QED) is 0.295. The summed E-state index contributed by atoms with van der Waals surface area (Å²) in [5.41, 5.74) is 0.908. The molecular weight excluding hydrogens is 662 g/mol. The van der Waals surface area contributed by atoms with Crippen molar-refractivity contribution >= 4 is 5.91 Å². The zero-order valence-corrected chi connectivity index (χ0v) is 32.1. The summed E-state index contributed by atoms with van der Waals surface area (Å²) in [5.74, 6) is 1.47. The largest absolute Gasteiger partial charge is 0.390 e. The maximum Gasteiger partial charge on any atom is 0.223 e. The van der Waals surface area contributed by atoms with Crippen LogP contribution < -0.4 is 5.32 Å². The fourth-order valence-corrected chi connectivity index (χ4v) is 14.7. The van der Waals surface area contributed by atoms with Crippen molar-refractivity contribution in [1.82, 2.24) is 10.2 Å². The van der Waals surface area contributed by atoms with Crippen molar-refractivity contribution in [3.05, 3.63) is 35.4 Å². The van der Waals surface area contributed by atoms with Gasteiger partial charge < -0.3 is 29.5 Å². The smallest absolute Gasteiger partial charge is 0.223 e. The third kappa shape index (κ3) is 5.28. The number of benzene rings is 1. The Balaban J connectivity index is 0.886. The number of amides is 1. The van der Waals surface area contributed by atoms with Gasteiger partial charge in [-0.25, -0.2) is 8.78 Å². The number of aliphatic hydroxyl groups is 1. The number of halogens is 2.